The topological polar surface area (TPSA) is 71.1 Å². The van der Waals surface area contributed by atoms with E-state index in [1.807, 2.05) is 30.3 Å². The maximum absolute atomic E-state index is 13.5. The average molecular weight is 366 g/mol. The van der Waals surface area contributed by atoms with E-state index in [9.17, 15) is 9.18 Å². The highest BCUT2D eigenvalue weighted by atomic mass is 19.1. The van der Waals surface area contributed by atoms with Crippen LogP contribution in [0, 0.1) is 5.82 Å². The van der Waals surface area contributed by atoms with Crippen molar-refractivity contribution in [2.75, 3.05) is 13.7 Å². The Morgan fingerprint density at radius 1 is 1.30 bits per heavy atom. The van der Waals surface area contributed by atoms with Crippen molar-refractivity contribution in [1.82, 2.24) is 19.9 Å². The largest absolute Gasteiger partial charge is 0.481 e. The van der Waals surface area contributed by atoms with E-state index < -0.39 is 5.82 Å². The number of rotatable bonds is 4. The molecule has 3 aromatic rings. The van der Waals surface area contributed by atoms with E-state index in [2.05, 4.69) is 19.9 Å². The molecular weight excluding hydrogens is 347 g/mol. The first-order valence-electron chi connectivity index (χ1n) is 8.72. The second-order valence-corrected chi connectivity index (χ2v) is 6.49. The minimum absolute atomic E-state index is 0.132. The molecule has 27 heavy (non-hydrogen) atoms. The third-order valence-electron chi connectivity index (χ3n) is 4.67. The Balaban J connectivity index is 1.59. The van der Waals surface area contributed by atoms with Crippen LogP contribution < -0.4 is 10.3 Å². The fourth-order valence-electron chi connectivity index (χ4n) is 3.36. The van der Waals surface area contributed by atoms with Gasteiger partial charge in [-0.15, -0.1) is 0 Å². The molecule has 1 aliphatic rings. The number of hydrogen-bond acceptors (Lipinski definition) is 5. The zero-order valence-corrected chi connectivity index (χ0v) is 14.9. The van der Waals surface area contributed by atoms with Gasteiger partial charge in [0.15, 0.2) is 0 Å². The van der Waals surface area contributed by atoms with Gasteiger partial charge in [-0.25, -0.2) is 14.4 Å². The number of nitrogens with zero attached hydrogens (tertiary/aromatic N) is 3. The Kier molecular flexibility index (Phi) is 4.68. The van der Waals surface area contributed by atoms with Gasteiger partial charge in [0.05, 0.1) is 24.6 Å². The van der Waals surface area contributed by atoms with Crippen molar-refractivity contribution >= 4 is 0 Å². The van der Waals surface area contributed by atoms with Crippen LogP contribution in [0.5, 0.6) is 5.88 Å². The fraction of sp³-hybridized carbons (Fsp3) is 0.250. The summed E-state index contributed by atoms with van der Waals surface area (Å²) in [6.45, 7) is 1.62. The molecule has 1 N–H and O–H groups in total. The number of methoxy groups -OCH3 is 1. The maximum atomic E-state index is 13.5. The number of nitrogens with one attached hydrogen (secondary N) is 1. The number of H-pyrrole nitrogens is 1. The number of aromatic amines is 1. The number of ether oxygens (including phenoxy) is 1. The minimum atomic E-state index is -0.407. The van der Waals surface area contributed by atoms with Crippen molar-refractivity contribution in [3.8, 4) is 17.3 Å². The molecule has 0 atom stereocenters. The Hall–Kier alpha value is -3.06. The predicted molar refractivity (Wildman–Crippen MR) is 98.9 cm³/mol. The molecule has 0 aliphatic carbocycles. The summed E-state index contributed by atoms with van der Waals surface area (Å²) in [6, 6.07) is 11.0. The Morgan fingerprint density at radius 3 is 2.89 bits per heavy atom. The molecule has 0 amide bonds. The normalized spacial score (nSPS) is 14.0. The van der Waals surface area contributed by atoms with Crippen LogP contribution in [-0.4, -0.2) is 33.5 Å². The lowest BCUT2D eigenvalue weighted by atomic mass is 10.1. The van der Waals surface area contributed by atoms with Gasteiger partial charge in [-0.3, -0.25) is 9.69 Å². The quantitative estimate of drug-likeness (QED) is 0.768. The molecule has 0 radical (unpaired) electrons. The van der Waals surface area contributed by atoms with E-state index in [-0.39, 0.29) is 5.56 Å². The molecule has 1 aromatic carbocycles. The van der Waals surface area contributed by atoms with Crippen LogP contribution in [0.4, 0.5) is 4.39 Å². The number of hydrogen-bond donors (Lipinski definition) is 1. The van der Waals surface area contributed by atoms with E-state index in [1.54, 1.807) is 0 Å². The van der Waals surface area contributed by atoms with Gasteiger partial charge >= 0.3 is 0 Å². The summed E-state index contributed by atoms with van der Waals surface area (Å²) in [4.78, 5) is 26.2. The summed E-state index contributed by atoms with van der Waals surface area (Å²) < 4.78 is 18.8. The van der Waals surface area contributed by atoms with Gasteiger partial charge in [0.25, 0.3) is 5.56 Å². The summed E-state index contributed by atoms with van der Waals surface area (Å²) in [5.41, 5.74) is 2.89. The highest BCUT2D eigenvalue weighted by Crippen LogP contribution is 2.23. The third-order valence-corrected chi connectivity index (χ3v) is 4.67. The van der Waals surface area contributed by atoms with Crippen molar-refractivity contribution in [1.29, 1.82) is 0 Å². The van der Waals surface area contributed by atoms with Crippen LogP contribution in [0.1, 0.15) is 16.8 Å². The lowest BCUT2D eigenvalue weighted by Crippen LogP contribution is -2.35. The van der Waals surface area contributed by atoms with Crippen LogP contribution in [0.15, 0.2) is 47.4 Å². The molecule has 0 saturated carbocycles. The molecule has 0 saturated heterocycles. The molecule has 0 spiro atoms. The Labute approximate surface area is 155 Å². The van der Waals surface area contributed by atoms with Crippen LogP contribution in [0.25, 0.3) is 11.4 Å². The number of pyridine rings is 1. The fourth-order valence-corrected chi connectivity index (χ4v) is 3.36. The molecule has 2 aromatic heterocycles. The van der Waals surface area contributed by atoms with Gasteiger partial charge in [-0.05, 0) is 6.07 Å². The van der Waals surface area contributed by atoms with E-state index in [0.717, 1.165) is 24.0 Å². The molecule has 3 heterocycles. The van der Waals surface area contributed by atoms with Crippen molar-refractivity contribution in [2.45, 2.75) is 19.5 Å². The molecule has 138 valence electrons. The summed E-state index contributed by atoms with van der Waals surface area (Å²) in [5.74, 6) is 0.577. The monoisotopic (exact) mass is 366 g/mol. The Bertz CT molecular complexity index is 1020. The van der Waals surface area contributed by atoms with Crippen molar-refractivity contribution in [3.05, 3.63) is 75.6 Å². The first kappa shape index (κ1) is 17.4. The minimum Gasteiger partial charge on any atom is -0.481 e. The third kappa shape index (κ3) is 3.59. The lowest BCUT2D eigenvalue weighted by Gasteiger charge is -2.28. The summed E-state index contributed by atoms with van der Waals surface area (Å²) in [7, 11) is 1.51. The molecule has 7 heteroatoms. The number of benzene rings is 1. The van der Waals surface area contributed by atoms with Crippen LogP contribution in [0.3, 0.4) is 0 Å². The van der Waals surface area contributed by atoms with Crippen LogP contribution in [0.2, 0.25) is 0 Å². The average Bonchev–Trinajstić information content (AvgIpc) is 2.69. The highest BCUT2D eigenvalue weighted by molar-refractivity contribution is 5.54. The molecule has 0 bridgehead atoms. The molecule has 4 rings (SSSR count). The zero-order valence-electron chi connectivity index (χ0n) is 14.9. The van der Waals surface area contributed by atoms with Gasteiger partial charge in [0.2, 0.25) is 5.88 Å². The Morgan fingerprint density at radius 2 is 2.11 bits per heavy atom. The first-order valence-corrected chi connectivity index (χ1v) is 8.72. The second kappa shape index (κ2) is 7.28. The van der Waals surface area contributed by atoms with Gasteiger partial charge < -0.3 is 9.72 Å². The van der Waals surface area contributed by atoms with Crippen molar-refractivity contribution < 1.29 is 9.13 Å². The predicted octanol–water partition coefficient (Wildman–Crippen LogP) is 2.54. The molecule has 0 fully saturated rings. The maximum Gasteiger partial charge on any atom is 0.255 e. The summed E-state index contributed by atoms with van der Waals surface area (Å²) in [5, 5.41) is 0. The van der Waals surface area contributed by atoms with E-state index in [4.69, 9.17) is 4.74 Å². The molecule has 1 aliphatic heterocycles. The number of halogens is 1. The zero-order chi connectivity index (χ0) is 18.8. The SMILES string of the molecule is COc1ncc(F)cc1CN1CCc2nc(-c3ccccc3)[nH]c(=O)c2C1. The highest BCUT2D eigenvalue weighted by Gasteiger charge is 2.22. The van der Waals surface area contributed by atoms with Crippen LogP contribution in [-0.2, 0) is 19.5 Å². The van der Waals surface area contributed by atoms with E-state index in [1.165, 1.54) is 13.2 Å². The van der Waals surface area contributed by atoms with Crippen molar-refractivity contribution in [3.63, 3.8) is 0 Å². The lowest BCUT2D eigenvalue weighted by molar-refractivity contribution is 0.236. The van der Waals surface area contributed by atoms with Crippen molar-refractivity contribution in [2.24, 2.45) is 0 Å². The van der Waals surface area contributed by atoms with Gasteiger partial charge in [-0.1, -0.05) is 30.3 Å². The first-order chi connectivity index (χ1) is 13.1. The summed E-state index contributed by atoms with van der Waals surface area (Å²) >= 11 is 0. The molecule has 0 unspecified atom stereocenters. The van der Waals surface area contributed by atoms with Crippen LogP contribution >= 0.6 is 0 Å². The van der Waals surface area contributed by atoms with E-state index in [0.29, 0.717) is 42.3 Å². The number of fused-ring (bicyclic) bond motifs is 1. The number of aromatic nitrogens is 3. The van der Waals surface area contributed by atoms with Gasteiger partial charge in [-0.2, -0.15) is 0 Å². The molecular formula is C20H19FN4O2. The smallest absolute Gasteiger partial charge is 0.255 e. The standard InChI is InChI=1S/C20H19FN4O2/c1-27-20-14(9-15(21)10-22-20)11-25-8-7-17-16(12-25)19(26)24-18(23-17)13-5-3-2-4-6-13/h2-6,9-10H,7-8,11-12H2,1H3,(H,23,24,26). The van der Waals surface area contributed by atoms with Gasteiger partial charge in [0, 0.05) is 37.2 Å². The molecule has 6 nitrogen and oxygen atoms in total. The van der Waals surface area contributed by atoms with E-state index >= 15 is 0 Å². The second-order valence-electron chi connectivity index (χ2n) is 6.49. The van der Waals surface area contributed by atoms with Gasteiger partial charge in [0.1, 0.15) is 11.6 Å². The summed E-state index contributed by atoms with van der Waals surface area (Å²) in [6.07, 6.45) is 1.79.